The molecule has 0 spiro atoms. The minimum atomic E-state index is -0.0832. The molecular weight excluding hydrogens is 290 g/mol. The van der Waals surface area contributed by atoms with Crippen LogP contribution in [0.3, 0.4) is 0 Å². The van der Waals surface area contributed by atoms with E-state index in [1.54, 1.807) is 0 Å². The molecule has 0 unspecified atom stereocenters. The van der Waals surface area contributed by atoms with E-state index in [0.717, 1.165) is 38.8 Å². The molecule has 3 atom stereocenters. The lowest BCUT2D eigenvalue weighted by Gasteiger charge is -2.35. The highest BCUT2D eigenvalue weighted by atomic mass is 16.2. The maximum atomic E-state index is 13.1. The lowest BCUT2D eigenvalue weighted by Crippen LogP contribution is -2.50. The molecule has 0 aromatic heterocycles. The van der Waals surface area contributed by atoms with Crippen LogP contribution in [0, 0.1) is 5.92 Å². The van der Waals surface area contributed by atoms with E-state index >= 15 is 0 Å². The van der Waals surface area contributed by atoms with Crippen molar-refractivity contribution >= 4 is 11.8 Å². The normalized spacial score (nSPS) is 35.5. The second-order valence-corrected chi connectivity index (χ2v) is 7.76. The van der Waals surface area contributed by atoms with Gasteiger partial charge >= 0.3 is 0 Å². The van der Waals surface area contributed by atoms with Gasteiger partial charge in [-0.05, 0) is 51.6 Å². The van der Waals surface area contributed by atoms with E-state index in [-0.39, 0.29) is 17.7 Å². The first-order chi connectivity index (χ1) is 11.2. The predicted octanol–water partition coefficient (Wildman–Crippen LogP) is 1.47. The highest BCUT2D eigenvalue weighted by molar-refractivity contribution is 5.89. The van der Waals surface area contributed by atoms with Crippen molar-refractivity contribution in [3.63, 3.8) is 0 Å². The van der Waals surface area contributed by atoms with Crippen molar-refractivity contribution < 1.29 is 9.59 Å². The summed E-state index contributed by atoms with van der Waals surface area (Å²) < 4.78 is 0. The smallest absolute Gasteiger partial charge is 0.228 e. The Morgan fingerprint density at radius 1 is 1.09 bits per heavy atom. The zero-order chi connectivity index (χ0) is 16.0. The van der Waals surface area contributed by atoms with Crippen molar-refractivity contribution in [2.75, 3.05) is 26.2 Å². The van der Waals surface area contributed by atoms with Gasteiger partial charge in [-0.15, -0.1) is 0 Å². The highest BCUT2D eigenvalue weighted by Gasteiger charge is 2.46. The van der Waals surface area contributed by atoms with E-state index in [2.05, 4.69) is 16.7 Å². The molecule has 3 heterocycles. The number of carbonyl (C=O) groups is 2. The number of rotatable bonds is 4. The van der Waals surface area contributed by atoms with E-state index in [1.807, 2.05) is 4.90 Å². The third-order valence-corrected chi connectivity index (χ3v) is 6.34. The Labute approximate surface area is 139 Å². The van der Waals surface area contributed by atoms with Gasteiger partial charge in [0.15, 0.2) is 0 Å². The summed E-state index contributed by atoms with van der Waals surface area (Å²) in [4.78, 5) is 31.9. The van der Waals surface area contributed by atoms with Gasteiger partial charge in [-0.1, -0.05) is 6.92 Å². The number of carbonyl (C=O) groups excluding carboxylic acids is 2. The molecule has 2 amide bonds. The van der Waals surface area contributed by atoms with Crippen LogP contribution in [0.15, 0.2) is 0 Å². The van der Waals surface area contributed by atoms with Crippen LogP contribution in [-0.4, -0.2) is 70.8 Å². The van der Waals surface area contributed by atoms with Crippen molar-refractivity contribution in [2.45, 2.75) is 70.0 Å². The molecule has 128 valence electrons. The van der Waals surface area contributed by atoms with Crippen molar-refractivity contribution in [2.24, 2.45) is 5.92 Å². The Hall–Kier alpha value is -1.10. The fourth-order valence-corrected chi connectivity index (χ4v) is 5.02. The molecule has 4 rings (SSSR count). The predicted molar refractivity (Wildman–Crippen MR) is 87.8 cm³/mol. The summed E-state index contributed by atoms with van der Waals surface area (Å²) in [7, 11) is 0. The number of amides is 2. The average Bonchev–Trinajstić information content (AvgIpc) is 2.99. The van der Waals surface area contributed by atoms with Crippen LogP contribution in [0.25, 0.3) is 0 Å². The number of hydrogen-bond donors (Lipinski definition) is 0. The number of nitrogens with zero attached hydrogens (tertiary/aromatic N) is 3. The molecule has 1 aliphatic carbocycles. The van der Waals surface area contributed by atoms with E-state index in [9.17, 15) is 9.59 Å². The fourth-order valence-electron chi connectivity index (χ4n) is 5.02. The Bertz CT molecular complexity index is 491. The second kappa shape index (κ2) is 6.08. The Kier molecular flexibility index (Phi) is 4.08. The molecule has 3 saturated heterocycles. The quantitative estimate of drug-likeness (QED) is 0.788. The second-order valence-electron chi connectivity index (χ2n) is 7.76. The number of hydrogen-bond acceptors (Lipinski definition) is 3. The van der Waals surface area contributed by atoms with Crippen molar-refractivity contribution in [3.8, 4) is 0 Å². The van der Waals surface area contributed by atoms with Gasteiger partial charge in [0.25, 0.3) is 0 Å². The molecule has 5 nitrogen and oxygen atoms in total. The van der Waals surface area contributed by atoms with Gasteiger partial charge in [0.05, 0.1) is 5.92 Å². The molecule has 4 aliphatic rings. The van der Waals surface area contributed by atoms with Gasteiger partial charge in [0.2, 0.25) is 11.8 Å². The minimum absolute atomic E-state index is 0.0832. The number of likely N-dealkylation sites (N-methyl/N-ethyl adjacent to an activating group) is 1. The van der Waals surface area contributed by atoms with Gasteiger partial charge in [-0.2, -0.15) is 0 Å². The van der Waals surface area contributed by atoms with Crippen LogP contribution in [0.2, 0.25) is 0 Å². The standard InChI is InChI=1S/C18H29N3O2/c1-2-19-9-3-5-15(19)16-6-4-10-20(16)18(23)13-11-17(22)21(12-13)14-7-8-14/h13-16H,2-12H2,1H3/t13-,15-,16-/m1/s1. The first kappa shape index (κ1) is 15.4. The first-order valence-electron chi connectivity index (χ1n) is 9.53. The summed E-state index contributed by atoms with van der Waals surface area (Å²) in [5.74, 6) is 0.379. The van der Waals surface area contributed by atoms with Crippen LogP contribution >= 0.6 is 0 Å². The van der Waals surface area contributed by atoms with Gasteiger partial charge in [-0.25, -0.2) is 0 Å². The Balaban J connectivity index is 1.44. The minimum Gasteiger partial charge on any atom is -0.339 e. The molecular formula is C18H29N3O2. The molecule has 0 aromatic rings. The van der Waals surface area contributed by atoms with E-state index in [4.69, 9.17) is 0 Å². The monoisotopic (exact) mass is 319 g/mol. The summed E-state index contributed by atoms with van der Waals surface area (Å²) in [6, 6.07) is 1.37. The van der Waals surface area contributed by atoms with Gasteiger partial charge in [-0.3, -0.25) is 14.5 Å². The molecule has 3 aliphatic heterocycles. The van der Waals surface area contributed by atoms with E-state index < -0.39 is 0 Å². The van der Waals surface area contributed by atoms with E-state index in [1.165, 1.54) is 19.4 Å². The summed E-state index contributed by atoms with van der Waals surface area (Å²) >= 11 is 0. The molecule has 1 saturated carbocycles. The van der Waals surface area contributed by atoms with Crippen molar-refractivity contribution in [1.29, 1.82) is 0 Å². The van der Waals surface area contributed by atoms with Crippen LogP contribution < -0.4 is 0 Å². The molecule has 0 bridgehead atoms. The SMILES string of the molecule is CCN1CCC[C@@H]1[C@H]1CCCN1C(=O)[C@@H]1CC(=O)N(C2CC2)C1. The molecule has 4 fully saturated rings. The third kappa shape index (κ3) is 2.77. The molecule has 5 heteroatoms. The molecule has 0 N–H and O–H groups in total. The highest BCUT2D eigenvalue weighted by Crippen LogP contribution is 2.35. The summed E-state index contributed by atoms with van der Waals surface area (Å²) in [5, 5.41) is 0. The maximum absolute atomic E-state index is 13.1. The summed E-state index contributed by atoms with van der Waals surface area (Å²) in [5.41, 5.74) is 0. The van der Waals surface area contributed by atoms with Gasteiger partial charge in [0.1, 0.15) is 0 Å². The van der Waals surface area contributed by atoms with E-state index in [0.29, 0.717) is 31.1 Å². The Morgan fingerprint density at radius 2 is 1.83 bits per heavy atom. The maximum Gasteiger partial charge on any atom is 0.228 e. The zero-order valence-corrected chi connectivity index (χ0v) is 14.2. The summed E-state index contributed by atoms with van der Waals surface area (Å²) in [6.07, 6.45) is 7.45. The van der Waals surface area contributed by atoms with Crippen molar-refractivity contribution in [3.05, 3.63) is 0 Å². The van der Waals surface area contributed by atoms with Crippen LogP contribution in [0.1, 0.15) is 51.9 Å². The van der Waals surface area contributed by atoms with Crippen LogP contribution in [0.4, 0.5) is 0 Å². The fraction of sp³-hybridized carbons (Fsp3) is 0.889. The number of likely N-dealkylation sites (tertiary alicyclic amines) is 3. The largest absolute Gasteiger partial charge is 0.339 e. The summed E-state index contributed by atoms with van der Waals surface area (Å²) in [6.45, 7) is 6.06. The first-order valence-corrected chi connectivity index (χ1v) is 9.53. The van der Waals surface area contributed by atoms with Crippen LogP contribution in [0.5, 0.6) is 0 Å². The van der Waals surface area contributed by atoms with Gasteiger partial charge in [0, 0.05) is 37.6 Å². The lowest BCUT2D eigenvalue weighted by molar-refractivity contribution is -0.137. The Morgan fingerprint density at radius 3 is 2.57 bits per heavy atom. The zero-order valence-electron chi connectivity index (χ0n) is 14.2. The molecule has 0 aromatic carbocycles. The third-order valence-electron chi connectivity index (χ3n) is 6.34. The molecule has 0 radical (unpaired) electrons. The van der Waals surface area contributed by atoms with Crippen molar-refractivity contribution in [1.82, 2.24) is 14.7 Å². The molecule has 23 heavy (non-hydrogen) atoms. The topological polar surface area (TPSA) is 43.9 Å². The van der Waals surface area contributed by atoms with Crippen LogP contribution in [-0.2, 0) is 9.59 Å². The van der Waals surface area contributed by atoms with Gasteiger partial charge < -0.3 is 9.80 Å². The lowest BCUT2D eigenvalue weighted by atomic mass is 10.0. The average molecular weight is 319 g/mol.